The molecule has 0 atom stereocenters. The molecule has 1 N–H and O–H groups in total. The standard InChI is InChI=1S/C14H17BrN2S/c1-17(10-12-5-8-18-11-12)7-6-16-14-4-2-3-13(15)9-14/h2-5,8-9,11,16H,6-7,10H2,1H3. The number of hydrogen-bond acceptors (Lipinski definition) is 3. The van der Waals surface area contributed by atoms with E-state index in [-0.39, 0.29) is 0 Å². The molecule has 0 fully saturated rings. The van der Waals surface area contributed by atoms with Crippen molar-refractivity contribution < 1.29 is 0 Å². The molecule has 1 aromatic carbocycles. The molecular weight excluding hydrogens is 308 g/mol. The Labute approximate surface area is 121 Å². The van der Waals surface area contributed by atoms with E-state index >= 15 is 0 Å². The molecule has 18 heavy (non-hydrogen) atoms. The van der Waals surface area contributed by atoms with Crippen molar-refractivity contribution in [2.75, 3.05) is 25.5 Å². The van der Waals surface area contributed by atoms with E-state index in [1.807, 2.05) is 12.1 Å². The number of hydrogen-bond donors (Lipinski definition) is 1. The van der Waals surface area contributed by atoms with Crippen molar-refractivity contribution in [1.82, 2.24) is 4.90 Å². The van der Waals surface area contributed by atoms with Gasteiger partial charge in [-0.05, 0) is 47.6 Å². The van der Waals surface area contributed by atoms with Crippen LogP contribution in [0.25, 0.3) is 0 Å². The van der Waals surface area contributed by atoms with E-state index in [4.69, 9.17) is 0 Å². The normalized spacial score (nSPS) is 10.8. The van der Waals surface area contributed by atoms with Crippen LogP contribution in [-0.2, 0) is 6.54 Å². The topological polar surface area (TPSA) is 15.3 Å². The first-order chi connectivity index (χ1) is 8.74. The van der Waals surface area contributed by atoms with E-state index in [2.05, 4.69) is 62.2 Å². The number of thiophene rings is 1. The molecule has 0 saturated heterocycles. The Balaban J connectivity index is 1.72. The average Bonchev–Trinajstić information content (AvgIpc) is 2.82. The fraction of sp³-hybridized carbons (Fsp3) is 0.286. The van der Waals surface area contributed by atoms with Gasteiger partial charge in [0.25, 0.3) is 0 Å². The zero-order valence-electron chi connectivity index (χ0n) is 10.4. The van der Waals surface area contributed by atoms with Crippen LogP contribution in [0.15, 0.2) is 45.6 Å². The van der Waals surface area contributed by atoms with Gasteiger partial charge in [-0.2, -0.15) is 11.3 Å². The maximum Gasteiger partial charge on any atom is 0.0351 e. The summed E-state index contributed by atoms with van der Waals surface area (Å²) < 4.78 is 1.11. The lowest BCUT2D eigenvalue weighted by Gasteiger charge is -2.16. The quantitative estimate of drug-likeness (QED) is 0.862. The highest BCUT2D eigenvalue weighted by molar-refractivity contribution is 9.10. The average molecular weight is 325 g/mol. The van der Waals surface area contributed by atoms with Crippen molar-refractivity contribution >= 4 is 33.0 Å². The summed E-state index contributed by atoms with van der Waals surface area (Å²) in [6.45, 7) is 3.00. The number of benzene rings is 1. The third kappa shape index (κ3) is 4.44. The number of likely N-dealkylation sites (N-methyl/N-ethyl adjacent to an activating group) is 1. The minimum Gasteiger partial charge on any atom is -0.384 e. The van der Waals surface area contributed by atoms with Crippen LogP contribution in [0.5, 0.6) is 0 Å². The molecule has 0 radical (unpaired) electrons. The monoisotopic (exact) mass is 324 g/mol. The van der Waals surface area contributed by atoms with Gasteiger partial charge in [0.1, 0.15) is 0 Å². The minimum atomic E-state index is 0.955. The van der Waals surface area contributed by atoms with Crippen molar-refractivity contribution in [3.63, 3.8) is 0 Å². The van der Waals surface area contributed by atoms with E-state index < -0.39 is 0 Å². The second-order valence-corrected chi connectivity index (χ2v) is 6.00. The molecule has 0 unspecified atom stereocenters. The van der Waals surface area contributed by atoms with Crippen molar-refractivity contribution in [2.24, 2.45) is 0 Å². The van der Waals surface area contributed by atoms with Gasteiger partial charge in [-0.3, -0.25) is 0 Å². The fourth-order valence-electron chi connectivity index (χ4n) is 1.76. The summed E-state index contributed by atoms with van der Waals surface area (Å²) in [5.41, 5.74) is 2.55. The van der Waals surface area contributed by atoms with Crippen LogP contribution in [0, 0.1) is 0 Å². The highest BCUT2D eigenvalue weighted by Crippen LogP contribution is 2.15. The molecule has 2 aromatic rings. The Bertz CT molecular complexity index is 470. The van der Waals surface area contributed by atoms with Gasteiger partial charge in [-0.25, -0.2) is 0 Å². The summed E-state index contributed by atoms with van der Waals surface area (Å²) in [5, 5.41) is 7.76. The molecule has 0 aliphatic carbocycles. The van der Waals surface area contributed by atoms with Crippen LogP contribution in [0.4, 0.5) is 5.69 Å². The Morgan fingerprint density at radius 1 is 1.33 bits per heavy atom. The molecule has 1 heterocycles. The zero-order chi connectivity index (χ0) is 12.8. The molecule has 0 spiro atoms. The molecule has 0 saturated carbocycles. The molecule has 4 heteroatoms. The Hall–Kier alpha value is -0.840. The molecule has 0 aliphatic heterocycles. The Morgan fingerprint density at radius 2 is 2.22 bits per heavy atom. The molecule has 0 aliphatic rings. The molecular formula is C14H17BrN2S. The first-order valence-corrected chi connectivity index (χ1v) is 7.67. The van der Waals surface area contributed by atoms with E-state index in [0.717, 1.165) is 29.8 Å². The molecule has 2 nitrogen and oxygen atoms in total. The summed E-state index contributed by atoms with van der Waals surface area (Å²) in [7, 11) is 2.15. The predicted molar refractivity (Wildman–Crippen MR) is 83.3 cm³/mol. The Kier molecular flexibility index (Phi) is 5.23. The van der Waals surface area contributed by atoms with Gasteiger partial charge < -0.3 is 10.2 Å². The zero-order valence-corrected chi connectivity index (χ0v) is 12.8. The third-order valence-electron chi connectivity index (χ3n) is 2.68. The fourth-order valence-corrected chi connectivity index (χ4v) is 2.82. The van der Waals surface area contributed by atoms with E-state index in [0.29, 0.717) is 0 Å². The maximum atomic E-state index is 3.47. The van der Waals surface area contributed by atoms with Crippen molar-refractivity contribution in [3.8, 4) is 0 Å². The largest absolute Gasteiger partial charge is 0.384 e. The predicted octanol–water partition coefficient (Wildman–Crippen LogP) is 4.05. The second kappa shape index (κ2) is 6.92. The number of halogens is 1. The first kappa shape index (κ1) is 13.6. The maximum absolute atomic E-state index is 3.47. The first-order valence-electron chi connectivity index (χ1n) is 5.93. The van der Waals surface area contributed by atoms with Crippen LogP contribution in [0.1, 0.15) is 5.56 Å². The van der Waals surface area contributed by atoms with Gasteiger partial charge in [0.2, 0.25) is 0 Å². The van der Waals surface area contributed by atoms with Crippen LogP contribution >= 0.6 is 27.3 Å². The number of nitrogens with one attached hydrogen (secondary N) is 1. The van der Waals surface area contributed by atoms with Crippen molar-refractivity contribution in [2.45, 2.75) is 6.54 Å². The summed E-state index contributed by atoms with van der Waals surface area (Å²) in [6.07, 6.45) is 0. The second-order valence-electron chi connectivity index (χ2n) is 4.31. The molecule has 1 aromatic heterocycles. The van der Waals surface area contributed by atoms with E-state index in [9.17, 15) is 0 Å². The highest BCUT2D eigenvalue weighted by atomic mass is 79.9. The highest BCUT2D eigenvalue weighted by Gasteiger charge is 2.00. The Morgan fingerprint density at radius 3 is 2.94 bits per heavy atom. The smallest absolute Gasteiger partial charge is 0.0351 e. The van der Waals surface area contributed by atoms with E-state index in [1.54, 1.807) is 11.3 Å². The minimum absolute atomic E-state index is 0.955. The van der Waals surface area contributed by atoms with Gasteiger partial charge in [0, 0.05) is 29.8 Å². The summed E-state index contributed by atoms with van der Waals surface area (Å²) in [4.78, 5) is 2.33. The lowest BCUT2D eigenvalue weighted by molar-refractivity contribution is 0.340. The lowest BCUT2D eigenvalue weighted by atomic mass is 10.3. The van der Waals surface area contributed by atoms with E-state index in [1.165, 1.54) is 5.56 Å². The SMILES string of the molecule is CN(CCNc1cccc(Br)c1)Cc1ccsc1. The van der Waals surface area contributed by atoms with Gasteiger partial charge in [-0.1, -0.05) is 22.0 Å². The molecule has 0 bridgehead atoms. The third-order valence-corrected chi connectivity index (χ3v) is 3.91. The van der Waals surface area contributed by atoms with Crippen LogP contribution in [0.3, 0.4) is 0 Å². The number of nitrogens with zero attached hydrogens (tertiary/aromatic N) is 1. The molecule has 96 valence electrons. The lowest BCUT2D eigenvalue weighted by Crippen LogP contribution is -2.24. The van der Waals surface area contributed by atoms with Crippen LogP contribution in [-0.4, -0.2) is 25.0 Å². The van der Waals surface area contributed by atoms with Gasteiger partial charge in [0.05, 0.1) is 0 Å². The van der Waals surface area contributed by atoms with Crippen molar-refractivity contribution in [1.29, 1.82) is 0 Å². The summed E-state index contributed by atoms with van der Waals surface area (Å²) in [6, 6.07) is 10.4. The summed E-state index contributed by atoms with van der Waals surface area (Å²) >= 11 is 5.23. The van der Waals surface area contributed by atoms with Gasteiger partial charge in [-0.15, -0.1) is 0 Å². The number of rotatable bonds is 6. The van der Waals surface area contributed by atoms with Crippen molar-refractivity contribution in [3.05, 3.63) is 51.1 Å². The van der Waals surface area contributed by atoms with Gasteiger partial charge >= 0.3 is 0 Å². The van der Waals surface area contributed by atoms with Gasteiger partial charge in [0.15, 0.2) is 0 Å². The molecule has 0 amide bonds. The molecule has 2 rings (SSSR count). The number of anilines is 1. The summed E-state index contributed by atoms with van der Waals surface area (Å²) in [5.74, 6) is 0. The van der Waals surface area contributed by atoms with Crippen LogP contribution < -0.4 is 5.32 Å². The van der Waals surface area contributed by atoms with Crippen LogP contribution in [0.2, 0.25) is 0 Å².